The standard InChI is InChI=1S/C44H77N17O13/c1-6-22(4)33(60-39(70)30(18-24-19-51-20-54-24)58-35(66)25(45)11-13-31(46)63)40(71)56-26(9-7-15-52-43(47)48)36(67)55-27(12-14-32(64)65)37(68)59-29(17-21(2)3)38(69)61-34(23(5)62)41(72)57-28(42(73)74)10-8-16-53-44(49)50/h19-23,25-30,33-34,62H,6-18,45H2,1-5H3,(H2,46,63)(H,51,54)(H,55,67)(H,56,71)(H,57,72)(H,58,66)(H,59,68)(H,60,70)(H,61,69)(H,64,65)(H,73,74)(H4,47,48,52)(H4,49,50,53). The maximum absolute atomic E-state index is 14.2. The van der Waals surface area contributed by atoms with Gasteiger partial charge in [-0.3, -0.25) is 53.1 Å². The summed E-state index contributed by atoms with van der Waals surface area (Å²) >= 11 is 0. The van der Waals surface area contributed by atoms with Crippen LogP contribution in [-0.4, -0.2) is 164 Å². The quantitative estimate of drug-likeness (QED) is 0.0169. The Morgan fingerprint density at radius 3 is 1.57 bits per heavy atom. The Balaban J connectivity index is 3.53. The number of carboxylic acid groups (broad SMARTS) is 2. The smallest absolute Gasteiger partial charge is 0.326 e. The average molecular weight is 1050 g/mol. The number of nitrogens with zero attached hydrogens (tertiary/aromatic N) is 3. The van der Waals surface area contributed by atoms with Crippen molar-refractivity contribution in [1.29, 1.82) is 0 Å². The number of H-pyrrole nitrogens is 1. The van der Waals surface area contributed by atoms with Gasteiger partial charge in [0.15, 0.2) is 11.9 Å². The SMILES string of the molecule is CCC(C)C(NC(=O)C(Cc1cnc[nH]1)NC(=O)C(N)CCC(N)=O)C(=O)NC(CCCN=C(N)N)C(=O)NC(CCC(=O)O)C(=O)NC(CC(C)C)C(=O)NC(C(=O)NC(CCCN=C(N)N)C(=O)O)C(C)O. The monoisotopic (exact) mass is 1050 g/mol. The molecular formula is C44H77N17O13. The minimum atomic E-state index is -1.73. The minimum absolute atomic E-state index is 0.0269. The number of hydrogen-bond acceptors (Lipinski definition) is 15. The number of primary amides is 1. The number of aromatic amines is 1. The van der Waals surface area contributed by atoms with Gasteiger partial charge in [0, 0.05) is 44.2 Å². The van der Waals surface area contributed by atoms with Crippen LogP contribution in [-0.2, 0) is 54.4 Å². The van der Waals surface area contributed by atoms with Gasteiger partial charge in [-0.05, 0) is 63.7 Å². The third-order valence-electron chi connectivity index (χ3n) is 11.3. The number of nitrogens with two attached hydrogens (primary N) is 6. The number of nitrogens with one attached hydrogen (secondary N) is 8. The Morgan fingerprint density at radius 1 is 0.608 bits per heavy atom. The molecule has 0 aromatic carbocycles. The van der Waals surface area contributed by atoms with E-state index in [0.29, 0.717) is 12.1 Å². The topological polar surface area (TPSA) is 525 Å². The summed E-state index contributed by atoms with van der Waals surface area (Å²) in [4.78, 5) is 146. The molecule has 0 bridgehead atoms. The summed E-state index contributed by atoms with van der Waals surface area (Å²) in [6.07, 6.45) is -0.383. The average Bonchev–Trinajstić information content (AvgIpc) is 3.83. The number of aliphatic hydroxyl groups is 1. The Hall–Kier alpha value is -7.63. The number of hydrogen-bond donors (Lipinski definition) is 17. The highest BCUT2D eigenvalue weighted by atomic mass is 16.4. The van der Waals surface area contributed by atoms with Crippen LogP contribution >= 0.6 is 0 Å². The summed E-state index contributed by atoms with van der Waals surface area (Å²) in [6, 6.07) is -11.8. The van der Waals surface area contributed by atoms with Gasteiger partial charge >= 0.3 is 11.9 Å². The number of aromatic nitrogens is 2. The molecule has 1 aromatic rings. The lowest BCUT2D eigenvalue weighted by Gasteiger charge is -2.30. The second-order valence-corrected chi connectivity index (χ2v) is 18.1. The Bertz CT molecular complexity index is 2100. The van der Waals surface area contributed by atoms with Gasteiger partial charge in [-0.15, -0.1) is 0 Å². The third-order valence-corrected chi connectivity index (χ3v) is 11.3. The summed E-state index contributed by atoms with van der Waals surface area (Å²) in [6.45, 7) is 7.93. The highest BCUT2D eigenvalue weighted by molar-refractivity contribution is 5.98. The van der Waals surface area contributed by atoms with E-state index in [9.17, 15) is 63.3 Å². The van der Waals surface area contributed by atoms with Gasteiger partial charge in [0.05, 0.1) is 18.5 Å². The number of amides is 8. The van der Waals surface area contributed by atoms with E-state index < -0.39 is 132 Å². The van der Waals surface area contributed by atoms with Crippen LogP contribution in [0.15, 0.2) is 22.5 Å². The Kier molecular flexibility index (Phi) is 28.9. The predicted molar refractivity (Wildman–Crippen MR) is 267 cm³/mol. The van der Waals surface area contributed by atoms with Crippen LogP contribution in [0.5, 0.6) is 0 Å². The van der Waals surface area contributed by atoms with Gasteiger partial charge in [0.25, 0.3) is 0 Å². The summed E-state index contributed by atoms with van der Waals surface area (Å²) in [5, 5.41) is 47.2. The molecule has 1 heterocycles. The van der Waals surface area contributed by atoms with Crippen molar-refractivity contribution in [3.8, 4) is 0 Å². The second-order valence-electron chi connectivity index (χ2n) is 18.1. The predicted octanol–water partition coefficient (Wildman–Crippen LogP) is -5.53. The van der Waals surface area contributed by atoms with Crippen molar-refractivity contribution in [2.75, 3.05) is 13.1 Å². The first kappa shape index (κ1) is 64.4. The number of carbonyl (C=O) groups excluding carboxylic acids is 8. The number of aliphatic carboxylic acids is 2. The highest BCUT2D eigenvalue weighted by Crippen LogP contribution is 2.13. The zero-order chi connectivity index (χ0) is 56.2. The molecule has 8 amide bonds. The zero-order valence-electron chi connectivity index (χ0n) is 42.4. The van der Waals surface area contributed by atoms with E-state index in [4.69, 9.17) is 34.4 Å². The molecule has 0 saturated heterocycles. The lowest BCUT2D eigenvalue weighted by atomic mass is 9.96. The van der Waals surface area contributed by atoms with Gasteiger partial charge in [-0.2, -0.15) is 0 Å². The van der Waals surface area contributed by atoms with Gasteiger partial charge in [0.1, 0.15) is 42.3 Å². The van der Waals surface area contributed by atoms with Gasteiger partial charge in [-0.1, -0.05) is 34.1 Å². The molecule has 0 radical (unpaired) electrons. The number of carboxylic acids is 2. The summed E-state index contributed by atoms with van der Waals surface area (Å²) in [5.41, 5.74) is 33.2. The molecule has 23 N–H and O–H groups in total. The lowest BCUT2D eigenvalue weighted by molar-refractivity contribution is -0.143. The van der Waals surface area contributed by atoms with E-state index >= 15 is 0 Å². The van der Waals surface area contributed by atoms with Crippen molar-refractivity contribution in [1.82, 2.24) is 47.2 Å². The van der Waals surface area contributed by atoms with Crippen molar-refractivity contribution in [3.05, 3.63) is 18.2 Å². The van der Waals surface area contributed by atoms with Crippen molar-refractivity contribution < 1.29 is 63.3 Å². The Labute approximate surface area is 427 Å². The highest BCUT2D eigenvalue weighted by Gasteiger charge is 2.37. The molecule has 0 aliphatic heterocycles. The first-order chi connectivity index (χ1) is 34.7. The second kappa shape index (κ2) is 33.2. The van der Waals surface area contributed by atoms with Gasteiger partial charge in [0.2, 0.25) is 47.3 Å². The van der Waals surface area contributed by atoms with Crippen LogP contribution in [0.1, 0.15) is 105 Å². The molecule has 416 valence electrons. The maximum atomic E-state index is 14.2. The first-order valence-corrected chi connectivity index (χ1v) is 24.0. The third kappa shape index (κ3) is 25.2. The van der Waals surface area contributed by atoms with Gasteiger partial charge in [-0.25, -0.2) is 9.78 Å². The van der Waals surface area contributed by atoms with Crippen LogP contribution in [0.2, 0.25) is 0 Å². The summed E-state index contributed by atoms with van der Waals surface area (Å²) < 4.78 is 0. The molecular weight excluding hydrogens is 975 g/mol. The first-order valence-electron chi connectivity index (χ1n) is 24.0. The molecule has 30 nitrogen and oxygen atoms in total. The van der Waals surface area contributed by atoms with Crippen molar-refractivity contribution in [2.45, 2.75) is 160 Å². The van der Waals surface area contributed by atoms with Crippen LogP contribution in [0, 0.1) is 11.8 Å². The molecule has 30 heteroatoms. The molecule has 0 aliphatic carbocycles. The fourth-order valence-electron chi connectivity index (χ4n) is 6.99. The van der Waals surface area contributed by atoms with Crippen LogP contribution < -0.4 is 71.6 Å². The van der Waals surface area contributed by atoms with Crippen molar-refractivity contribution >= 4 is 71.1 Å². The zero-order valence-corrected chi connectivity index (χ0v) is 42.4. The van der Waals surface area contributed by atoms with Crippen molar-refractivity contribution in [3.63, 3.8) is 0 Å². The van der Waals surface area contributed by atoms with Gasteiger partial charge < -0.3 is 91.9 Å². The molecule has 10 atom stereocenters. The van der Waals surface area contributed by atoms with E-state index in [-0.39, 0.29) is 82.3 Å². The molecule has 0 spiro atoms. The van der Waals surface area contributed by atoms with E-state index in [2.05, 4.69) is 57.2 Å². The van der Waals surface area contributed by atoms with E-state index in [0.717, 1.165) is 6.92 Å². The van der Waals surface area contributed by atoms with Crippen LogP contribution in [0.25, 0.3) is 0 Å². The summed E-state index contributed by atoms with van der Waals surface area (Å²) in [5.74, 6) is -11.5. The largest absolute Gasteiger partial charge is 0.481 e. The molecule has 74 heavy (non-hydrogen) atoms. The molecule has 0 fully saturated rings. The lowest BCUT2D eigenvalue weighted by Crippen LogP contribution is -2.61. The molecule has 0 aliphatic rings. The number of imidazole rings is 1. The fraction of sp³-hybridized carbons (Fsp3) is 0.659. The van der Waals surface area contributed by atoms with Crippen LogP contribution in [0.3, 0.4) is 0 Å². The molecule has 1 aromatic heterocycles. The maximum Gasteiger partial charge on any atom is 0.326 e. The molecule has 10 unspecified atom stereocenters. The number of guanidine groups is 2. The van der Waals surface area contributed by atoms with Crippen LogP contribution in [0.4, 0.5) is 0 Å². The Morgan fingerprint density at radius 2 is 1.08 bits per heavy atom. The molecule has 1 rings (SSSR count). The normalized spacial score (nSPS) is 15.1. The van der Waals surface area contributed by atoms with Crippen molar-refractivity contribution in [2.24, 2.45) is 56.2 Å². The van der Waals surface area contributed by atoms with E-state index in [1.807, 2.05) is 0 Å². The number of aliphatic hydroxyl groups excluding tert-OH is 1. The number of aliphatic imine (C=N–C) groups is 2. The molecule has 0 saturated carbocycles. The minimum Gasteiger partial charge on any atom is -0.481 e. The van der Waals surface area contributed by atoms with E-state index in [1.165, 1.54) is 12.5 Å². The summed E-state index contributed by atoms with van der Waals surface area (Å²) in [7, 11) is 0. The van der Waals surface area contributed by atoms with E-state index in [1.54, 1.807) is 27.7 Å². The fourth-order valence-corrected chi connectivity index (χ4v) is 6.99. The number of carbonyl (C=O) groups is 10. The number of rotatable bonds is 36.